The van der Waals surface area contributed by atoms with Crippen molar-refractivity contribution in [3.05, 3.63) is 65.7 Å². The van der Waals surface area contributed by atoms with Gasteiger partial charge < -0.3 is 14.2 Å². The van der Waals surface area contributed by atoms with Crippen molar-refractivity contribution in [3.63, 3.8) is 0 Å². The van der Waals surface area contributed by atoms with Gasteiger partial charge in [0, 0.05) is 57.3 Å². The summed E-state index contributed by atoms with van der Waals surface area (Å²) in [5, 5.41) is 0.650. The lowest BCUT2D eigenvalue weighted by molar-refractivity contribution is 0.0828. The van der Waals surface area contributed by atoms with Crippen LogP contribution in [0.3, 0.4) is 0 Å². The van der Waals surface area contributed by atoms with Gasteiger partial charge in [0.15, 0.2) is 0 Å². The van der Waals surface area contributed by atoms with Crippen molar-refractivity contribution in [3.8, 4) is 0 Å². The molecule has 158 valence electrons. The van der Waals surface area contributed by atoms with Crippen molar-refractivity contribution < 1.29 is 13.6 Å². The predicted molar refractivity (Wildman–Crippen MR) is 117 cm³/mol. The van der Waals surface area contributed by atoms with Gasteiger partial charge in [-0.1, -0.05) is 30.3 Å². The summed E-state index contributed by atoms with van der Waals surface area (Å²) >= 11 is 0. The van der Waals surface area contributed by atoms with Gasteiger partial charge >= 0.3 is 0 Å². The fraction of sp³-hybridized carbons (Fsp3) is 0.375. The second-order valence-corrected chi connectivity index (χ2v) is 8.41. The third-order valence-electron chi connectivity index (χ3n) is 5.93. The fourth-order valence-electron chi connectivity index (χ4n) is 4.35. The Morgan fingerprint density at radius 2 is 1.80 bits per heavy atom. The maximum Gasteiger partial charge on any atom is 0.257 e. The monoisotopic (exact) mass is 409 g/mol. The Balaban J connectivity index is 1.60. The number of rotatable bonds is 4. The topological polar surface area (TPSA) is 39.9 Å². The number of anilines is 1. The zero-order valence-electron chi connectivity index (χ0n) is 17.9. The largest absolute Gasteiger partial charge is 0.463 e. The Kier molecular flexibility index (Phi) is 5.52. The Bertz CT molecular complexity index is 1040. The van der Waals surface area contributed by atoms with E-state index in [1.165, 1.54) is 22.8 Å². The van der Waals surface area contributed by atoms with Crippen LogP contribution in [0.5, 0.6) is 0 Å². The molecule has 1 aliphatic heterocycles. The highest BCUT2D eigenvalue weighted by Gasteiger charge is 2.31. The van der Waals surface area contributed by atoms with Gasteiger partial charge in [0.05, 0.1) is 11.3 Å². The number of hydrogen-bond donors (Lipinski definition) is 0. The molecule has 5 nitrogen and oxygen atoms in total. The average Bonchev–Trinajstić information content (AvgIpc) is 3.12. The number of fused-ring (bicyclic) bond motifs is 1. The number of nitrogens with zero attached hydrogens (tertiary/aromatic N) is 3. The standard InChI is InChI=1S/C24H28FN3O2/c1-16-12-27(13-17(2)28(16)14-18-8-6-5-7-9-18)22-10-19-20(24(29)26(3)4)15-30-23(19)11-21(22)25/h5-11,15-17H,12-14H2,1-4H3. The van der Waals surface area contributed by atoms with E-state index in [0.717, 1.165) is 6.54 Å². The zero-order chi connectivity index (χ0) is 21.4. The SMILES string of the molecule is CC1CN(c2cc3c(C(=O)N(C)C)coc3cc2F)CC(C)N1Cc1ccccc1. The molecule has 0 aliphatic carbocycles. The number of hydrogen-bond acceptors (Lipinski definition) is 4. The van der Waals surface area contributed by atoms with E-state index in [1.54, 1.807) is 20.2 Å². The summed E-state index contributed by atoms with van der Waals surface area (Å²) in [5.41, 5.74) is 2.66. The van der Waals surface area contributed by atoms with E-state index in [0.29, 0.717) is 35.3 Å². The Labute approximate surface area is 176 Å². The summed E-state index contributed by atoms with van der Waals surface area (Å²) in [6, 6.07) is 14.1. The molecule has 0 N–H and O–H groups in total. The van der Waals surface area contributed by atoms with Crippen molar-refractivity contribution in [2.75, 3.05) is 32.1 Å². The van der Waals surface area contributed by atoms with E-state index < -0.39 is 0 Å². The third-order valence-corrected chi connectivity index (χ3v) is 5.93. The molecule has 0 saturated carbocycles. The molecule has 2 atom stereocenters. The molecule has 4 rings (SSSR count). The zero-order valence-corrected chi connectivity index (χ0v) is 17.9. The van der Waals surface area contributed by atoms with Gasteiger partial charge in [0.25, 0.3) is 5.91 Å². The summed E-state index contributed by atoms with van der Waals surface area (Å²) < 4.78 is 20.4. The highest BCUT2D eigenvalue weighted by atomic mass is 19.1. The number of carbonyl (C=O) groups excluding carboxylic acids is 1. The summed E-state index contributed by atoms with van der Waals surface area (Å²) in [5.74, 6) is -0.475. The lowest BCUT2D eigenvalue weighted by Gasteiger charge is -2.45. The number of piperazine rings is 1. The molecule has 6 heteroatoms. The van der Waals surface area contributed by atoms with Gasteiger partial charge in [-0.15, -0.1) is 0 Å². The molecule has 2 heterocycles. The second-order valence-electron chi connectivity index (χ2n) is 8.41. The summed E-state index contributed by atoms with van der Waals surface area (Å²) in [4.78, 5) is 18.5. The highest BCUT2D eigenvalue weighted by Crippen LogP contribution is 2.32. The molecular weight excluding hydrogens is 381 g/mol. The maximum atomic E-state index is 15.0. The third kappa shape index (κ3) is 3.79. The lowest BCUT2D eigenvalue weighted by Crippen LogP contribution is -2.56. The molecule has 1 saturated heterocycles. The van der Waals surface area contributed by atoms with Crippen molar-refractivity contribution in [2.45, 2.75) is 32.5 Å². The lowest BCUT2D eigenvalue weighted by atomic mass is 10.0. The van der Waals surface area contributed by atoms with Gasteiger partial charge in [0.1, 0.15) is 17.7 Å². The van der Waals surface area contributed by atoms with E-state index in [-0.39, 0.29) is 23.8 Å². The van der Waals surface area contributed by atoms with Gasteiger partial charge in [0.2, 0.25) is 0 Å². The van der Waals surface area contributed by atoms with Crippen LogP contribution in [0, 0.1) is 5.82 Å². The van der Waals surface area contributed by atoms with Crippen LogP contribution in [0.25, 0.3) is 11.0 Å². The highest BCUT2D eigenvalue weighted by molar-refractivity contribution is 6.06. The van der Waals surface area contributed by atoms with Crippen LogP contribution in [-0.4, -0.2) is 55.0 Å². The summed E-state index contributed by atoms with van der Waals surface area (Å²) in [7, 11) is 3.39. The van der Waals surface area contributed by atoms with Gasteiger partial charge in [-0.25, -0.2) is 4.39 Å². The van der Waals surface area contributed by atoms with Gasteiger partial charge in [-0.3, -0.25) is 9.69 Å². The van der Waals surface area contributed by atoms with Gasteiger partial charge in [-0.05, 0) is 25.5 Å². The second kappa shape index (κ2) is 8.11. The Morgan fingerprint density at radius 1 is 1.13 bits per heavy atom. The first kappa shape index (κ1) is 20.4. The Hall–Kier alpha value is -2.86. The van der Waals surface area contributed by atoms with Crippen LogP contribution in [0.2, 0.25) is 0 Å². The molecule has 0 bridgehead atoms. The van der Waals surface area contributed by atoms with E-state index in [2.05, 4.69) is 47.9 Å². The molecule has 2 aromatic carbocycles. The van der Waals surface area contributed by atoms with Crippen LogP contribution in [0.15, 0.2) is 53.1 Å². The van der Waals surface area contributed by atoms with Crippen LogP contribution < -0.4 is 4.90 Å². The Morgan fingerprint density at radius 3 is 2.43 bits per heavy atom. The smallest absolute Gasteiger partial charge is 0.257 e. The predicted octanol–water partition coefficient (Wildman–Crippen LogP) is 4.37. The first-order valence-electron chi connectivity index (χ1n) is 10.3. The van der Waals surface area contributed by atoms with Crippen LogP contribution in [0.1, 0.15) is 29.8 Å². The minimum Gasteiger partial charge on any atom is -0.463 e. The van der Waals surface area contributed by atoms with Crippen LogP contribution in [0.4, 0.5) is 10.1 Å². The normalized spacial score (nSPS) is 20.0. The molecule has 1 fully saturated rings. The van der Waals surface area contributed by atoms with Crippen LogP contribution >= 0.6 is 0 Å². The number of benzene rings is 2. The number of carbonyl (C=O) groups is 1. The molecule has 3 aromatic rings. The molecule has 1 amide bonds. The first-order valence-corrected chi connectivity index (χ1v) is 10.3. The minimum atomic E-state index is -0.323. The fourth-order valence-corrected chi connectivity index (χ4v) is 4.35. The molecule has 1 aliphatic rings. The number of amides is 1. The van der Waals surface area contributed by atoms with Crippen molar-refractivity contribution in [2.24, 2.45) is 0 Å². The minimum absolute atomic E-state index is 0.152. The molecule has 1 aromatic heterocycles. The van der Waals surface area contributed by atoms with Crippen molar-refractivity contribution in [1.29, 1.82) is 0 Å². The quantitative estimate of drug-likeness (QED) is 0.641. The van der Waals surface area contributed by atoms with Crippen molar-refractivity contribution >= 4 is 22.6 Å². The summed E-state index contributed by atoms with van der Waals surface area (Å²) in [6.45, 7) is 6.67. The maximum absolute atomic E-state index is 15.0. The van der Waals surface area contributed by atoms with Gasteiger partial charge in [-0.2, -0.15) is 0 Å². The van der Waals surface area contributed by atoms with Crippen LogP contribution in [-0.2, 0) is 6.54 Å². The average molecular weight is 410 g/mol. The molecular formula is C24H28FN3O2. The van der Waals surface area contributed by atoms with E-state index in [1.807, 2.05) is 6.07 Å². The molecule has 0 radical (unpaired) electrons. The van der Waals surface area contributed by atoms with E-state index in [9.17, 15) is 9.18 Å². The molecule has 2 unspecified atom stereocenters. The molecule has 30 heavy (non-hydrogen) atoms. The van der Waals surface area contributed by atoms with E-state index >= 15 is 0 Å². The van der Waals surface area contributed by atoms with Crippen molar-refractivity contribution in [1.82, 2.24) is 9.80 Å². The summed E-state index contributed by atoms with van der Waals surface area (Å²) in [6.07, 6.45) is 1.42. The number of halogens is 1. The first-order chi connectivity index (χ1) is 14.3. The molecule has 0 spiro atoms. The number of furan rings is 1. The van der Waals surface area contributed by atoms with E-state index in [4.69, 9.17) is 4.42 Å².